The number of aromatic amines is 1. The Morgan fingerprint density at radius 3 is 2.30 bits per heavy atom. The van der Waals surface area contributed by atoms with Crippen LogP contribution in [0, 0.1) is 0 Å². The Balaban J connectivity index is 1.57. The number of amides is 1. The molecule has 2 aromatic heterocycles. The van der Waals surface area contributed by atoms with Gasteiger partial charge in [0.05, 0.1) is 6.61 Å². The van der Waals surface area contributed by atoms with E-state index in [9.17, 15) is 34.2 Å². The lowest BCUT2D eigenvalue weighted by Gasteiger charge is -2.21. The van der Waals surface area contributed by atoms with Gasteiger partial charge in [-0.1, -0.05) is 36.4 Å². The minimum Gasteiger partial charge on any atom is -0.394 e. The SMILES string of the molecule is CC(=O)Nc1ccc(-c2ccc(-c3nc4c(=O)[nH]c(N)nc4n3[C@@H]3O[C@H](CO)[C@@H](OP(=O)(O)O)[C@H]3O)cc2)cc1. The summed E-state index contributed by atoms with van der Waals surface area (Å²) >= 11 is 0. The molecule has 1 aliphatic rings. The molecule has 1 amide bonds. The normalized spacial score (nSPS) is 21.1. The van der Waals surface area contributed by atoms with Crippen LogP contribution in [0.25, 0.3) is 33.7 Å². The van der Waals surface area contributed by atoms with Crippen molar-refractivity contribution in [2.45, 2.75) is 31.5 Å². The monoisotopic (exact) mass is 572 g/mol. The molecule has 0 aliphatic carbocycles. The van der Waals surface area contributed by atoms with Crippen molar-refractivity contribution < 1.29 is 38.6 Å². The van der Waals surface area contributed by atoms with Crippen LogP contribution in [0.1, 0.15) is 13.2 Å². The maximum absolute atomic E-state index is 12.7. The molecule has 210 valence electrons. The third-order valence-corrected chi connectivity index (χ3v) is 6.77. The van der Waals surface area contributed by atoms with Crippen molar-refractivity contribution in [2.24, 2.45) is 0 Å². The number of rotatable bonds is 7. The van der Waals surface area contributed by atoms with Crippen LogP contribution < -0.4 is 16.6 Å². The van der Waals surface area contributed by atoms with Crippen LogP contribution in [0.5, 0.6) is 0 Å². The molecule has 1 saturated heterocycles. The number of ether oxygens (including phenoxy) is 1. The van der Waals surface area contributed by atoms with Gasteiger partial charge in [-0.25, -0.2) is 9.55 Å². The number of aliphatic hydroxyl groups excluding tert-OH is 2. The summed E-state index contributed by atoms with van der Waals surface area (Å²) in [6.07, 6.45) is -6.04. The van der Waals surface area contributed by atoms with E-state index in [4.69, 9.17) is 15.0 Å². The van der Waals surface area contributed by atoms with Crippen molar-refractivity contribution in [3.63, 3.8) is 0 Å². The number of anilines is 2. The fourth-order valence-electron chi connectivity index (χ4n) is 4.58. The highest BCUT2D eigenvalue weighted by Crippen LogP contribution is 2.45. The van der Waals surface area contributed by atoms with Crippen molar-refractivity contribution in [1.29, 1.82) is 0 Å². The first-order valence-electron chi connectivity index (χ1n) is 11.9. The second-order valence-electron chi connectivity index (χ2n) is 9.06. The first-order chi connectivity index (χ1) is 18.9. The Morgan fingerprint density at radius 1 is 1.12 bits per heavy atom. The fraction of sp³-hybridized carbons (Fsp3) is 0.250. The Morgan fingerprint density at radius 2 is 1.73 bits per heavy atom. The molecule has 4 atom stereocenters. The minimum absolute atomic E-state index is 0.0635. The zero-order valence-corrected chi connectivity index (χ0v) is 21.7. The third-order valence-electron chi connectivity index (χ3n) is 6.25. The van der Waals surface area contributed by atoms with E-state index in [1.54, 1.807) is 36.4 Å². The van der Waals surface area contributed by atoms with E-state index < -0.39 is 44.5 Å². The number of hydrogen-bond acceptors (Lipinski definition) is 10. The standard InChI is InChI=1S/C24H25N6O9P/c1-11(32)26-15-8-6-13(7-9-15)12-2-4-14(5-3-12)20-27-17-21(28-24(25)29-22(17)34)30(20)23-18(33)19(16(10-31)38-23)39-40(35,36)37/h2-9,16,18-19,23,31,33H,10H2,1H3,(H,26,32)(H2,35,36,37)(H3,25,28,29,34)/t16-,18-,19-,23-/m1/s1. The molecule has 16 heteroatoms. The van der Waals surface area contributed by atoms with Crippen molar-refractivity contribution in [3.05, 3.63) is 58.9 Å². The number of nitrogen functional groups attached to an aromatic ring is 1. The Bertz CT molecular complexity index is 1670. The quantitative estimate of drug-likeness (QED) is 0.152. The fourth-order valence-corrected chi connectivity index (χ4v) is 5.15. The van der Waals surface area contributed by atoms with Gasteiger partial charge < -0.3 is 35.8 Å². The smallest absolute Gasteiger partial charge is 0.394 e. The molecule has 0 saturated carbocycles. The lowest BCUT2D eigenvalue weighted by atomic mass is 10.0. The summed E-state index contributed by atoms with van der Waals surface area (Å²) < 4.78 is 23.2. The van der Waals surface area contributed by atoms with Crippen molar-refractivity contribution >= 4 is 36.5 Å². The molecule has 1 fully saturated rings. The van der Waals surface area contributed by atoms with Gasteiger partial charge in [-0.3, -0.25) is 23.7 Å². The van der Waals surface area contributed by atoms with E-state index in [1.807, 2.05) is 12.1 Å². The van der Waals surface area contributed by atoms with Crippen LogP contribution in [0.15, 0.2) is 53.3 Å². The average Bonchev–Trinajstić information content (AvgIpc) is 3.41. The van der Waals surface area contributed by atoms with E-state index in [0.717, 1.165) is 11.1 Å². The highest BCUT2D eigenvalue weighted by molar-refractivity contribution is 7.46. The van der Waals surface area contributed by atoms with Crippen LogP contribution in [0.2, 0.25) is 0 Å². The molecule has 15 nitrogen and oxygen atoms in total. The number of carbonyl (C=O) groups excluding carboxylic acids is 1. The number of nitrogens with zero attached hydrogens (tertiary/aromatic N) is 3. The van der Waals surface area contributed by atoms with Gasteiger partial charge in [0.2, 0.25) is 11.9 Å². The molecule has 5 rings (SSSR count). The number of aliphatic hydroxyl groups is 2. The Kier molecular flexibility index (Phi) is 7.29. The van der Waals surface area contributed by atoms with Gasteiger partial charge in [0.25, 0.3) is 5.56 Å². The third kappa shape index (κ3) is 5.39. The average molecular weight is 572 g/mol. The Hall–Kier alpha value is -3.95. The van der Waals surface area contributed by atoms with Gasteiger partial charge >= 0.3 is 7.82 Å². The molecule has 0 radical (unpaired) electrons. The molecule has 0 unspecified atom stereocenters. The number of benzene rings is 2. The molecule has 3 heterocycles. The number of carbonyl (C=O) groups is 1. The number of hydrogen-bond donors (Lipinski definition) is 7. The van der Waals surface area contributed by atoms with E-state index in [1.165, 1.54) is 11.5 Å². The predicted octanol–water partition coefficient (Wildman–Crippen LogP) is 0.723. The summed E-state index contributed by atoms with van der Waals surface area (Å²) in [7, 11) is -5.07. The van der Waals surface area contributed by atoms with Crippen LogP contribution in [-0.2, 0) is 18.6 Å². The summed E-state index contributed by atoms with van der Waals surface area (Å²) in [5.74, 6) is -0.294. The van der Waals surface area contributed by atoms with Crippen molar-refractivity contribution in [2.75, 3.05) is 17.7 Å². The maximum atomic E-state index is 12.7. The summed E-state index contributed by atoms with van der Waals surface area (Å²) in [6, 6.07) is 14.2. The lowest BCUT2D eigenvalue weighted by Crippen LogP contribution is -2.35. The molecule has 2 aromatic carbocycles. The largest absolute Gasteiger partial charge is 0.470 e. The van der Waals surface area contributed by atoms with Crippen LogP contribution in [-0.4, -0.2) is 70.3 Å². The van der Waals surface area contributed by atoms with Crippen molar-refractivity contribution in [3.8, 4) is 22.5 Å². The molecule has 1 aliphatic heterocycles. The van der Waals surface area contributed by atoms with Gasteiger partial charge in [-0.05, 0) is 23.3 Å². The van der Waals surface area contributed by atoms with Gasteiger partial charge in [0, 0.05) is 18.2 Å². The summed E-state index contributed by atoms with van der Waals surface area (Å²) in [5, 5.41) is 23.4. The molecule has 8 N–H and O–H groups in total. The molecule has 40 heavy (non-hydrogen) atoms. The molecular weight excluding hydrogens is 547 g/mol. The van der Waals surface area contributed by atoms with Crippen molar-refractivity contribution in [1.82, 2.24) is 19.5 Å². The number of nitrogens with one attached hydrogen (secondary N) is 2. The van der Waals surface area contributed by atoms with E-state index in [0.29, 0.717) is 11.3 Å². The maximum Gasteiger partial charge on any atom is 0.470 e. The Labute approximate surface area is 225 Å². The van der Waals surface area contributed by atoms with Crippen LogP contribution in [0.4, 0.5) is 11.6 Å². The first-order valence-corrected chi connectivity index (χ1v) is 13.4. The van der Waals surface area contributed by atoms with E-state index >= 15 is 0 Å². The van der Waals surface area contributed by atoms with Gasteiger partial charge in [-0.15, -0.1) is 0 Å². The molecule has 4 aromatic rings. The van der Waals surface area contributed by atoms with E-state index in [2.05, 4.69) is 20.3 Å². The van der Waals surface area contributed by atoms with Gasteiger partial charge in [0.1, 0.15) is 24.1 Å². The summed E-state index contributed by atoms with van der Waals surface area (Å²) in [5.41, 5.74) is 7.72. The predicted molar refractivity (Wildman–Crippen MR) is 142 cm³/mol. The summed E-state index contributed by atoms with van der Waals surface area (Å²) in [4.78, 5) is 53.4. The van der Waals surface area contributed by atoms with Gasteiger partial charge in [-0.2, -0.15) is 4.98 Å². The number of H-pyrrole nitrogens is 1. The molecule has 0 spiro atoms. The highest BCUT2D eigenvalue weighted by Gasteiger charge is 2.49. The topological polar surface area (TPSA) is 235 Å². The molecule has 0 bridgehead atoms. The minimum atomic E-state index is -5.07. The summed E-state index contributed by atoms with van der Waals surface area (Å²) in [6.45, 7) is 0.688. The number of fused-ring (bicyclic) bond motifs is 1. The van der Waals surface area contributed by atoms with E-state index in [-0.39, 0.29) is 28.8 Å². The number of nitrogens with two attached hydrogens (primary N) is 1. The number of phosphoric acid groups is 1. The zero-order chi connectivity index (χ0) is 28.8. The second-order valence-corrected chi connectivity index (χ2v) is 10.3. The number of imidazole rings is 1. The lowest BCUT2D eigenvalue weighted by molar-refractivity contribution is -0.114. The number of phosphoric ester groups is 1. The van der Waals surface area contributed by atoms with Gasteiger partial charge in [0.15, 0.2) is 17.4 Å². The zero-order valence-electron chi connectivity index (χ0n) is 20.8. The van der Waals surface area contributed by atoms with Crippen LogP contribution >= 0.6 is 7.82 Å². The first kappa shape index (κ1) is 27.6. The molecular formula is C24H25N6O9P. The second kappa shape index (κ2) is 10.6. The highest BCUT2D eigenvalue weighted by atomic mass is 31.2. The number of aromatic nitrogens is 4. The van der Waals surface area contributed by atoms with Crippen LogP contribution in [0.3, 0.4) is 0 Å².